The Balaban J connectivity index is 4.82. The maximum atomic E-state index is 2.57. The molecule has 0 atom stereocenters. The molecule has 0 aromatic carbocycles. The molecule has 0 aliphatic heterocycles. The van der Waals surface area contributed by atoms with Crippen LogP contribution in [-0.2, 0) is 0 Å². The van der Waals surface area contributed by atoms with Crippen molar-refractivity contribution < 1.29 is 4.48 Å². The van der Waals surface area contributed by atoms with Gasteiger partial charge in [0, 0.05) is 13.7 Å². The van der Waals surface area contributed by atoms with E-state index in [1.54, 1.807) is 0 Å². The van der Waals surface area contributed by atoms with Crippen LogP contribution in [0.15, 0.2) is 0 Å². The lowest BCUT2D eigenvalue weighted by Crippen LogP contribution is -2.43. The van der Waals surface area contributed by atoms with Gasteiger partial charge in [0.05, 0.1) is 49.8 Å². The highest BCUT2D eigenvalue weighted by Gasteiger charge is 2.56. The van der Waals surface area contributed by atoms with Crippen LogP contribution < -0.4 is 0 Å². The third-order valence-corrected chi connectivity index (χ3v) is 15.2. The summed E-state index contributed by atoms with van der Waals surface area (Å²) in [6.45, 7) is 22.8. The fraction of sp³-hybridized carbons (Fsp3) is 1.00. The molecule has 0 fully saturated rings. The summed E-state index contributed by atoms with van der Waals surface area (Å²) in [7, 11) is 3.90. The summed E-state index contributed by atoms with van der Waals surface area (Å²) in [6.07, 6.45) is 21.5. The molecule has 1 nitrogen and oxygen atoms in total. The van der Waals surface area contributed by atoms with Crippen LogP contribution >= 0.6 is 7.26 Å². The number of hydrogen-bond donors (Lipinski definition) is 0. The van der Waals surface area contributed by atoms with Crippen molar-refractivity contribution in [3.05, 3.63) is 0 Å². The van der Waals surface area contributed by atoms with Crippen LogP contribution in [0.2, 0.25) is 0 Å². The topological polar surface area (TPSA) is 0 Å². The van der Waals surface area contributed by atoms with Crippen LogP contribution in [0, 0.1) is 0 Å². The first-order valence-electron chi connectivity index (χ1n) is 14.0. The average Bonchev–Trinajstić information content (AvgIpc) is 2.63. The molecule has 2 heteroatoms. The van der Waals surface area contributed by atoms with Crippen molar-refractivity contribution in [1.29, 1.82) is 0 Å². The molecule has 31 heavy (non-hydrogen) atoms. The Morgan fingerprint density at radius 3 is 1.29 bits per heavy atom. The van der Waals surface area contributed by atoms with E-state index in [9.17, 15) is 0 Å². The Hall–Kier alpha value is 0.390. The molecule has 0 bridgehead atoms. The molecule has 188 valence electrons. The molecule has 0 amide bonds. The zero-order valence-electron chi connectivity index (χ0n) is 23.9. The quantitative estimate of drug-likeness (QED) is 0.109. The molecule has 0 spiro atoms. The summed E-state index contributed by atoms with van der Waals surface area (Å²) in [4.78, 5) is 0. The zero-order chi connectivity index (χ0) is 24.0. The van der Waals surface area contributed by atoms with E-state index in [1.165, 1.54) is 113 Å². The normalized spacial score (nSPS) is 13.7. The highest BCUT2D eigenvalue weighted by molar-refractivity contribution is 7.78. The molecular weight excluding hydrogens is 393 g/mol. The number of nitrogens with zero attached hydrogens (tertiary/aromatic N) is 1. The van der Waals surface area contributed by atoms with E-state index in [2.05, 4.69) is 69.5 Å². The number of rotatable bonds is 18. The summed E-state index contributed by atoms with van der Waals surface area (Å²) in [5.74, 6) is 0. The van der Waals surface area contributed by atoms with Crippen molar-refractivity contribution in [1.82, 2.24) is 0 Å². The van der Waals surface area contributed by atoms with Gasteiger partial charge in [-0.25, -0.2) is 0 Å². The molecule has 0 aromatic rings. The maximum absolute atomic E-state index is 2.57. The van der Waals surface area contributed by atoms with Gasteiger partial charge in [-0.05, 0) is 67.2 Å². The lowest BCUT2D eigenvalue weighted by atomic mass is 10.1. The number of unbranched alkanes of at least 4 members (excludes halogenated alkanes) is 10. The van der Waals surface area contributed by atoms with Gasteiger partial charge in [-0.1, -0.05) is 65.2 Å². The Bertz CT molecular complexity index is 413. The lowest BCUT2D eigenvalue weighted by molar-refractivity contribution is -0.890. The smallest absolute Gasteiger partial charge is 0.0817 e. The molecule has 0 saturated heterocycles. The Labute approximate surface area is 200 Å². The third-order valence-electron chi connectivity index (χ3n) is 7.88. The first kappa shape index (κ1) is 31.4. The second kappa shape index (κ2) is 15.3. The van der Waals surface area contributed by atoms with E-state index in [-0.39, 0.29) is 0 Å². The van der Waals surface area contributed by atoms with Gasteiger partial charge in [0.2, 0.25) is 0 Å². The summed E-state index contributed by atoms with van der Waals surface area (Å²) in [5, 5.41) is 0.927. The minimum absolute atomic E-state index is 0.463. The van der Waals surface area contributed by atoms with Crippen molar-refractivity contribution in [3.63, 3.8) is 0 Å². The number of hydrogen-bond acceptors (Lipinski definition) is 0. The zero-order valence-corrected chi connectivity index (χ0v) is 24.8. The van der Waals surface area contributed by atoms with Crippen LogP contribution in [0.5, 0.6) is 0 Å². The lowest BCUT2D eigenvalue weighted by Gasteiger charge is -2.48. The van der Waals surface area contributed by atoms with E-state index in [1.807, 2.05) is 0 Å². The van der Waals surface area contributed by atoms with Gasteiger partial charge in [0.1, 0.15) is 0 Å². The van der Waals surface area contributed by atoms with E-state index in [0.29, 0.717) is 10.3 Å². The van der Waals surface area contributed by atoms with Gasteiger partial charge in [0.25, 0.3) is 0 Å². The fourth-order valence-corrected chi connectivity index (χ4v) is 12.2. The van der Waals surface area contributed by atoms with Gasteiger partial charge >= 0.3 is 0 Å². The molecule has 0 N–H and O–H groups in total. The molecule has 0 aliphatic carbocycles. The van der Waals surface area contributed by atoms with E-state index >= 15 is 0 Å². The molecule has 0 unspecified atom stereocenters. The molecule has 0 saturated carbocycles. The molecule has 0 aliphatic rings. The van der Waals surface area contributed by atoms with Crippen molar-refractivity contribution in [2.75, 3.05) is 39.5 Å². The largest absolute Gasteiger partial charge is 0.328 e. The van der Waals surface area contributed by atoms with Gasteiger partial charge in [-0.2, -0.15) is 0 Å². The van der Waals surface area contributed by atoms with Gasteiger partial charge in [-0.3, -0.25) is 0 Å². The first-order chi connectivity index (χ1) is 14.3. The van der Waals surface area contributed by atoms with Crippen LogP contribution in [-0.4, -0.2) is 54.3 Å². The minimum atomic E-state index is -1.06. The van der Waals surface area contributed by atoms with Crippen LogP contribution in [0.25, 0.3) is 0 Å². The summed E-state index contributed by atoms with van der Waals surface area (Å²) >= 11 is 0. The van der Waals surface area contributed by atoms with Gasteiger partial charge < -0.3 is 4.48 Å². The molecule has 0 aromatic heterocycles. The maximum Gasteiger partial charge on any atom is 0.0817 e. The molecule has 0 rings (SSSR count). The molecule has 0 heterocycles. The molecular formula is C29H64NP+2. The van der Waals surface area contributed by atoms with E-state index in [0.717, 1.165) is 0 Å². The highest BCUT2D eigenvalue weighted by atomic mass is 31.2. The Morgan fingerprint density at radius 2 is 0.839 bits per heavy atom. The average molecular weight is 458 g/mol. The van der Waals surface area contributed by atoms with Crippen molar-refractivity contribution in [2.24, 2.45) is 0 Å². The summed E-state index contributed by atoms with van der Waals surface area (Å²) in [6, 6.07) is 0. The predicted molar refractivity (Wildman–Crippen MR) is 149 cm³/mol. The first-order valence-corrected chi connectivity index (χ1v) is 16.2. The highest BCUT2D eigenvalue weighted by Crippen LogP contribution is 2.77. The Kier molecular flexibility index (Phi) is 15.5. The van der Waals surface area contributed by atoms with Gasteiger partial charge in [0.15, 0.2) is 0 Å². The third kappa shape index (κ3) is 12.4. The van der Waals surface area contributed by atoms with Crippen molar-refractivity contribution >= 4 is 7.26 Å². The van der Waals surface area contributed by atoms with Gasteiger partial charge in [-0.15, -0.1) is 0 Å². The van der Waals surface area contributed by atoms with Crippen LogP contribution in [0.4, 0.5) is 0 Å². The van der Waals surface area contributed by atoms with E-state index < -0.39 is 7.26 Å². The second-order valence-electron chi connectivity index (χ2n) is 13.0. The predicted octanol–water partition coefficient (Wildman–Crippen LogP) is 9.79. The van der Waals surface area contributed by atoms with Crippen molar-refractivity contribution in [2.45, 2.75) is 149 Å². The van der Waals surface area contributed by atoms with E-state index in [4.69, 9.17) is 0 Å². The standard InChI is InChI=1S/C29H64NP/c1-11-13-15-17-19-21-24-30(9,10)25-23-27-31(28(3,4)5,29(6,7)8)26-22-20-18-16-14-12-2/h11-27H2,1-10H3/q+2. The van der Waals surface area contributed by atoms with Crippen molar-refractivity contribution in [3.8, 4) is 0 Å². The number of quaternary nitrogens is 1. The Morgan fingerprint density at radius 1 is 0.484 bits per heavy atom. The minimum Gasteiger partial charge on any atom is -0.328 e. The SMILES string of the molecule is CCCCCCCC[N+](C)(C)CCC[P+](CCCCCCCC)(C(C)(C)C)C(C)(C)C. The second-order valence-corrected chi connectivity index (χ2v) is 18.5. The van der Waals surface area contributed by atoms with Crippen LogP contribution in [0.3, 0.4) is 0 Å². The fourth-order valence-electron chi connectivity index (χ4n) is 5.82. The summed E-state index contributed by atoms with van der Waals surface area (Å²) < 4.78 is 1.22. The molecule has 0 radical (unpaired) electrons. The van der Waals surface area contributed by atoms with Crippen LogP contribution in [0.1, 0.15) is 139 Å². The monoisotopic (exact) mass is 457 g/mol. The summed E-state index contributed by atoms with van der Waals surface area (Å²) in [5.41, 5.74) is 0.